The lowest BCUT2D eigenvalue weighted by Crippen LogP contribution is -2.10. The van der Waals surface area contributed by atoms with Gasteiger partial charge in [-0.25, -0.2) is 4.79 Å². The van der Waals surface area contributed by atoms with E-state index in [1.165, 1.54) is 7.11 Å². The monoisotopic (exact) mass is 339 g/mol. The highest BCUT2D eigenvalue weighted by molar-refractivity contribution is 6.01. The van der Waals surface area contributed by atoms with Crippen LogP contribution in [0.15, 0.2) is 42.5 Å². The van der Waals surface area contributed by atoms with E-state index in [1.807, 2.05) is 36.4 Å². The zero-order valence-electron chi connectivity index (χ0n) is 14.5. The first kappa shape index (κ1) is 16.7. The van der Waals surface area contributed by atoms with E-state index in [0.717, 1.165) is 34.5 Å². The second-order valence-electron chi connectivity index (χ2n) is 5.59. The van der Waals surface area contributed by atoms with Gasteiger partial charge < -0.3 is 19.8 Å². The Hall–Kier alpha value is -3.15. The van der Waals surface area contributed by atoms with E-state index in [2.05, 4.69) is 21.5 Å². The average Bonchev–Trinajstić information content (AvgIpc) is 2.93. The average molecular weight is 339 g/mol. The first-order chi connectivity index (χ1) is 12.1. The maximum Gasteiger partial charge on any atom is 0.411 e. The molecule has 1 heterocycles. The van der Waals surface area contributed by atoms with Crippen LogP contribution in [0.25, 0.3) is 22.2 Å². The minimum atomic E-state index is -0.508. The number of nitrogens with two attached hydrogens (primary N) is 1. The van der Waals surface area contributed by atoms with E-state index >= 15 is 0 Å². The fraction of sp³-hybridized carbons (Fsp3) is 0.211. The van der Waals surface area contributed by atoms with Gasteiger partial charge in [0.1, 0.15) is 5.75 Å². The molecule has 3 N–H and O–H groups in total. The Kier molecular flexibility index (Phi) is 4.52. The molecule has 3 rings (SSSR count). The number of ether oxygens (including phenoxy) is 2. The van der Waals surface area contributed by atoms with Gasteiger partial charge in [0.2, 0.25) is 0 Å². The minimum Gasteiger partial charge on any atom is -0.497 e. The van der Waals surface area contributed by atoms with Gasteiger partial charge in [-0.2, -0.15) is 0 Å². The van der Waals surface area contributed by atoms with Gasteiger partial charge in [-0.15, -0.1) is 0 Å². The number of hydrogen-bond donors (Lipinski definition) is 2. The molecule has 6 nitrogen and oxygen atoms in total. The third-order valence-corrected chi connectivity index (χ3v) is 4.19. The normalized spacial score (nSPS) is 10.7. The maximum atomic E-state index is 11.5. The highest BCUT2D eigenvalue weighted by atomic mass is 16.5. The summed E-state index contributed by atoms with van der Waals surface area (Å²) in [6.07, 6.45) is -0.508. The predicted octanol–water partition coefficient (Wildman–Crippen LogP) is 4.10. The molecule has 0 fully saturated rings. The Morgan fingerprint density at radius 3 is 2.68 bits per heavy atom. The van der Waals surface area contributed by atoms with Crippen molar-refractivity contribution < 1.29 is 14.3 Å². The van der Waals surface area contributed by atoms with Crippen molar-refractivity contribution in [3.63, 3.8) is 0 Å². The van der Waals surface area contributed by atoms with Crippen molar-refractivity contribution in [1.82, 2.24) is 4.57 Å². The molecule has 0 atom stereocenters. The molecule has 0 saturated heterocycles. The molecule has 0 aliphatic carbocycles. The summed E-state index contributed by atoms with van der Waals surface area (Å²) in [7, 11) is 2.98. The topological polar surface area (TPSA) is 78.5 Å². The van der Waals surface area contributed by atoms with Crippen LogP contribution >= 0.6 is 0 Å². The molecule has 0 aliphatic heterocycles. The van der Waals surface area contributed by atoms with E-state index in [9.17, 15) is 4.79 Å². The number of carbonyl (C=O) groups excluding carboxylic acids is 1. The molecule has 2 aromatic carbocycles. The number of nitrogens with zero attached hydrogens (tertiary/aromatic N) is 1. The van der Waals surface area contributed by atoms with Crippen LogP contribution < -0.4 is 15.8 Å². The van der Waals surface area contributed by atoms with Crippen LogP contribution in [0.3, 0.4) is 0 Å². The zero-order chi connectivity index (χ0) is 18.0. The Bertz CT molecular complexity index is 931. The summed E-state index contributed by atoms with van der Waals surface area (Å²) in [5.74, 6) is 0.785. The molecule has 130 valence electrons. The number of aromatic nitrogens is 1. The molecule has 1 aromatic heterocycles. The van der Waals surface area contributed by atoms with E-state index in [1.54, 1.807) is 13.2 Å². The maximum absolute atomic E-state index is 11.5. The van der Waals surface area contributed by atoms with E-state index < -0.39 is 6.09 Å². The highest BCUT2D eigenvalue weighted by Gasteiger charge is 2.17. The fourth-order valence-electron chi connectivity index (χ4n) is 3.04. The van der Waals surface area contributed by atoms with Crippen LogP contribution in [0.5, 0.6) is 5.75 Å². The van der Waals surface area contributed by atoms with Gasteiger partial charge in [-0.3, -0.25) is 5.32 Å². The van der Waals surface area contributed by atoms with Crippen molar-refractivity contribution in [2.24, 2.45) is 0 Å². The number of anilines is 2. The van der Waals surface area contributed by atoms with Gasteiger partial charge >= 0.3 is 6.09 Å². The lowest BCUT2D eigenvalue weighted by molar-refractivity contribution is 0.187. The van der Waals surface area contributed by atoms with Crippen LogP contribution in [0.1, 0.15) is 6.92 Å². The molecule has 0 saturated carbocycles. The van der Waals surface area contributed by atoms with Gasteiger partial charge in [-0.05, 0) is 31.2 Å². The summed E-state index contributed by atoms with van der Waals surface area (Å²) in [4.78, 5) is 11.5. The van der Waals surface area contributed by atoms with Gasteiger partial charge in [0.25, 0.3) is 0 Å². The lowest BCUT2D eigenvalue weighted by atomic mass is 10.1. The molecule has 0 unspecified atom stereocenters. The van der Waals surface area contributed by atoms with Gasteiger partial charge in [0, 0.05) is 29.2 Å². The highest BCUT2D eigenvalue weighted by Crippen LogP contribution is 2.38. The molecule has 6 heteroatoms. The quantitative estimate of drug-likeness (QED) is 0.750. The smallest absolute Gasteiger partial charge is 0.411 e. The molecule has 0 radical (unpaired) electrons. The van der Waals surface area contributed by atoms with Gasteiger partial charge in [0.05, 0.1) is 31.1 Å². The van der Waals surface area contributed by atoms with Crippen molar-refractivity contribution in [3.05, 3.63) is 42.5 Å². The third kappa shape index (κ3) is 2.98. The van der Waals surface area contributed by atoms with Gasteiger partial charge in [-0.1, -0.05) is 12.1 Å². The summed E-state index contributed by atoms with van der Waals surface area (Å²) in [5, 5.41) is 3.66. The van der Waals surface area contributed by atoms with Crippen LogP contribution in [0, 0.1) is 0 Å². The lowest BCUT2D eigenvalue weighted by Gasteiger charge is -2.11. The molecular formula is C19H21N3O3. The zero-order valence-corrected chi connectivity index (χ0v) is 14.5. The molecular weight excluding hydrogens is 318 g/mol. The number of benzene rings is 2. The number of fused-ring (bicyclic) bond motifs is 1. The van der Waals surface area contributed by atoms with Gasteiger partial charge in [0.15, 0.2) is 0 Å². The number of carbonyl (C=O) groups is 1. The summed E-state index contributed by atoms with van der Waals surface area (Å²) >= 11 is 0. The fourth-order valence-corrected chi connectivity index (χ4v) is 3.04. The van der Waals surface area contributed by atoms with Crippen molar-refractivity contribution >= 4 is 28.4 Å². The SMILES string of the molecule is CCn1c(-c2cccc(NC(=O)OC)c2)c(N)c2ccc(OC)cc21. The summed E-state index contributed by atoms with van der Waals surface area (Å²) in [6.45, 7) is 2.82. The summed E-state index contributed by atoms with van der Waals surface area (Å²) < 4.78 is 12.1. The second-order valence-corrected chi connectivity index (χ2v) is 5.59. The molecule has 3 aromatic rings. The van der Waals surface area contributed by atoms with Crippen LogP contribution in [0.4, 0.5) is 16.2 Å². The number of rotatable bonds is 4. The Labute approximate surface area is 146 Å². The number of aryl methyl sites for hydroxylation is 1. The van der Waals surface area contributed by atoms with E-state index in [4.69, 9.17) is 10.5 Å². The van der Waals surface area contributed by atoms with Crippen molar-refractivity contribution in [2.75, 3.05) is 25.3 Å². The molecule has 25 heavy (non-hydrogen) atoms. The Morgan fingerprint density at radius 2 is 2.00 bits per heavy atom. The van der Waals surface area contributed by atoms with E-state index in [-0.39, 0.29) is 0 Å². The standard InChI is InChI=1S/C19H21N3O3/c1-4-22-16-11-14(24-2)8-9-15(16)17(20)18(22)12-6-5-7-13(10-12)21-19(23)25-3/h5-11H,4,20H2,1-3H3,(H,21,23). The van der Waals surface area contributed by atoms with E-state index in [0.29, 0.717) is 11.4 Å². The van der Waals surface area contributed by atoms with Crippen molar-refractivity contribution in [1.29, 1.82) is 0 Å². The summed E-state index contributed by atoms with van der Waals surface area (Å²) in [5.41, 5.74) is 10.6. The number of hydrogen-bond acceptors (Lipinski definition) is 4. The largest absolute Gasteiger partial charge is 0.497 e. The molecule has 1 amide bonds. The third-order valence-electron chi connectivity index (χ3n) is 4.19. The number of methoxy groups -OCH3 is 2. The van der Waals surface area contributed by atoms with Crippen LogP contribution in [0.2, 0.25) is 0 Å². The number of nitrogen functional groups attached to an aromatic ring is 1. The second kappa shape index (κ2) is 6.76. The molecule has 0 aliphatic rings. The Balaban J connectivity index is 2.16. The van der Waals surface area contributed by atoms with Crippen LogP contribution in [-0.4, -0.2) is 24.9 Å². The first-order valence-electron chi connectivity index (χ1n) is 8.00. The Morgan fingerprint density at radius 1 is 1.20 bits per heavy atom. The van der Waals surface area contributed by atoms with Crippen LogP contribution in [-0.2, 0) is 11.3 Å². The van der Waals surface area contributed by atoms with Crippen molar-refractivity contribution in [2.45, 2.75) is 13.5 Å². The number of nitrogens with one attached hydrogen (secondary N) is 1. The number of amides is 1. The molecule has 0 bridgehead atoms. The molecule has 0 spiro atoms. The summed E-state index contributed by atoms with van der Waals surface area (Å²) in [6, 6.07) is 13.4. The van der Waals surface area contributed by atoms with Crippen molar-refractivity contribution in [3.8, 4) is 17.0 Å². The minimum absolute atomic E-state index is 0.508. The first-order valence-corrected chi connectivity index (χ1v) is 8.00. The predicted molar refractivity (Wildman–Crippen MR) is 100 cm³/mol.